The van der Waals surface area contributed by atoms with Crippen molar-refractivity contribution in [3.8, 4) is 5.75 Å². The first-order valence-corrected chi connectivity index (χ1v) is 11.3. The maximum atomic E-state index is 13.0. The first-order valence-electron chi connectivity index (χ1n) is 10.5. The van der Waals surface area contributed by atoms with E-state index in [2.05, 4.69) is 27.4 Å². The third-order valence-corrected chi connectivity index (χ3v) is 6.15. The topological polar surface area (TPSA) is 83.6 Å². The summed E-state index contributed by atoms with van der Waals surface area (Å²) in [4.78, 5) is 34.0. The zero-order chi connectivity index (χ0) is 21.7. The van der Waals surface area contributed by atoms with Crippen LogP contribution >= 0.6 is 11.3 Å². The number of ether oxygens (including phenoxy) is 1. The van der Waals surface area contributed by atoms with Crippen molar-refractivity contribution in [2.24, 2.45) is 5.92 Å². The summed E-state index contributed by atoms with van der Waals surface area (Å²) in [5, 5.41) is 6.38. The molecular weight excluding hydrogens is 400 g/mol. The van der Waals surface area contributed by atoms with Crippen LogP contribution in [-0.4, -0.2) is 47.4 Å². The number of nitrogens with one attached hydrogen (secondary N) is 2. The van der Waals surface area contributed by atoms with Crippen molar-refractivity contribution < 1.29 is 14.3 Å². The fourth-order valence-electron chi connectivity index (χ4n) is 3.44. The number of para-hydroxylation sites is 1. The Morgan fingerprint density at radius 3 is 2.73 bits per heavy atom. The molecule has 1 aliphatic heterocycles. The van der Waals surface area contributed by atoms with Crippen LogP contribution in [0.4, 0.5) is 5.13 Å². The summed E-state index contributed by atoms with van der Waals surface area (Å²) in [5.74, 6) is -0.164. The minimum atomic E-state index is -0.680. The summed E-state index contributed by atoms with van der Waals surface area (Å²) in [7, 11) is 0. The van der Waals surface area contributed by atoms with Crippen molar-refractivity contribution >= 4 is 28.3 Å². The Kier molecular flexibility index (Phi) is 7.44. The standard InChI is InChI=1S/C22H30N4O3S/c1-5-26-12-11-16-18(13-26)30-22(23-16)25-21(28)19(14(3)4)24-20(27)15-9-7-8-10-17(15)29-6-2/h7-10,14,19H,5-6,11-13H2,1-4H3,(H,24,27)(H,23,25,28). The second kappa shape index (κ2) is 10.0. The zero-order valence-electron chi connectivity index (χ0n) is 18.0. The van der Waals surface area contributed by atoms with Gasteiger partial charge in [-0.3, -0.25) is 14.5 Å². The van der Waals surface area contributed by atoms with Crippen molar-refractivity contribution in [2.45, 2.75) is 46.7 Å². The highest BCUT2D eigenvalue weighted by Crippen LogP contribution is 2.28. The van der Waals surface area contributed by atoms with Crippen LogP contribution < -0.4 is 15.4 Å². The number of hydrogen-bond donors (Lipinski definition) is 2. The second-order valence-corrected chi connectivity index (χ2v) is 8.70. The molecule has 2 N–H and O–H groups in total. The van der Waals surface area contributed by atoms with Crippen molar-refractivity contribution in [1.82, 2.24) is 15.2 Å². The zero-order valence-corrected chi connectivity index (χ0v) is 18.8. The number of amides is 2. The lowest BCUT2D eigenvalue weighted by atomic mass is 10.0. The van der Waals surface area contributed by atoms with Gasteiger partial charge in [-0.05, 0) is 31.5 Å². The Labute approximate surface area is 181 Å². The van der Waals surface area contributed by atoms with E-state index in [9.17, 15) is 9.59 Å². The number of aromatic nitrogens is 1. The van der Waals surface area contributed by atoms with Gasteiger partial charge >= 0.3 is 0 Å². The Hall–Kier alpha value is -2.45. The van der Waals surface area contributed by atoms with Crippen LogP contribution in [0.1, 0.15) is 48.6 Å². The third kappa shape index (κ3) is 5.17. The van der Waals surface area contributed by atoms with Gasteiger partial charge in [0.15, 0.2) is 5.13 Å². The lowest BCUT2D eigenvalue weighted by Gasteiger charge is -2.23. The van der Waals surface area contributed by atoms with E-state index in [1.807, 2.05) is 26.8 Å². The summed E-state index contributed by atoms with van der Waals surface area (Å²) in [5.41, 5.74) is 1.48. The maximum Gasteiger partial charge on any atom is 0.255 e. The van der Waals surface area contributed by atoms with Gasteiger partial charge in [0.2, 0.25) is 5.91 Å². The summed E-state index contributed by atoms with van der Waals surface area (Å²) in [6.45, 7) is 11.2. The molecule has 162 valence electrons. The molecule has 8 heteroatoms. The molecule has 0 saturated heterocycles. The second-order valence-electron chi connectivity index (χ2n) is 7.62. The monoisotopic (exact) mass is 430 g/mol. The molecule has 0 bridgehead atoms. The number of rotatable bonds is 8. The summed E-state index contributed by atoms with van der Waals surface area (Å²) >= 11 is 1.52. The number of carbonyl (C=O) groups is 2. The van der Waals surface area contributed by atoms with Gasteiger partial charge < -0.3 is 15.4 Å². The largest absolute Gasteiger partial charge is 0.493 e. The number of anilines is 1. The smallest absolute Gasteiger partial charge is 0.255 e. The number of likely N-dealkylation sites (N-methyl/N-ethyl adjacent to an activating group) is 1. The average Bonchev–Trinajstić information content (AvgIpc) is 3.13. The van der Waals surface area contributed by atoms with Crippen LogP contribution in [0.5, 0.6) is 5.75 Å². The molecule has 7 nitrogen and oxygen atoms in total. The van der Waals surface area contributed by atoms with Crippen LogP contribution in [-0.2, 0) is 17.8 Å². The summed E-state index contributed by atoms with van der Waals surface area (Å²) < 4.78 is 5.55. The molecule has 1 aromatic carbocycles. The van der Waals surface area contributed by atoms with Gasteiger partial charge in [-0.15, -0.1) is 11.3 Å². The van der Waals surface area contributed by atoms with E-state index in [0.717, 1.165) is 31.7 Å². The molecule has 3 rings (SSSR count). The minimum absolute atomic E-state index is 0.0848. The Morgan fingerprint density at radius 2 is 2.03 bits per heavy atom. The molecule has 0 radical (unpaired) electrons. The van der Waals surface area contributed by atoms with E-state index in [1.165, 1.54) is 16.2 Å². The Bertz CT molecular complexity index is 896. The van der Waals surface area contributed by atoms with Gasteiger partial charge in [-0.2, -0.15) is 0 Å². The van der Waals surface area contributed by atoms with E-state index in [4.69, 9.17) is 4.74 Å². The minimum Gasteiger partial charge on any atom is -0.493 e. The first-order chi connectivity index (χ1) is 14.4. The molecule has 2 amide bonds. The predicted octanol–water partition coefficient (Wildman–Crippen LogP) is 3.31. The molecular formula is C22H30N4O3S. The highest BCUT2D eigenvalue weighted by Gasteiger charge is 2.27. The summed E-state index contributed by atoms with van der Waals surface area (Å²) in [6, 6.07) is 6.37. The number of hydrogen-bond acceptors (Lipinski definition) is 6. The average molecular weight is 431 g/mol. The normalized spacial score (nSPS) is 14.8. The SMILES string of the molecule is CCOc1ccccc1C(=O)NC(C(=O)Nc1nc2c(s1)CN(CC)CC2)C(C)C. The van der Waals surface area contributed by atoms with Crippen molar-refractivity contribution in [2.75, 3.05) is 25.0 Å². The first kappa shape index (κ1) is 22.2. The van der Waals surface area contributed by atoms with Gasteiger partial charge in [0.1, 0.15) is 11.8 Å². The number of benzene rings is 1. The van der Waals surface area contributed by atoms with Gasteiger partial charge in [0.25, 0.3) is 5.91 Å². The van der Waals surface area contributed by atoms with E-state index in [0.29, 0.717) is 23.1 Å². The molecule has 0 aliphatic carbocycles. The van der Waals surface area contributed by atoms with Crippen LogP contribution in [0.3, 0.4) is 0 Å². The molecule has 30 heavy (non-hydrogen) atoms. The van der Waals surface area contributed by atoms with Crippen molar-refractivity contribution in [1.29, 1.82) is 0 Å². The summed E-state index contributed by atoms with van der Waals surface area (Å²) in [6.07, 6.45) is 0.897. The van der Waals surface area contributed by atoms with Crippen LogP contribution in [0, 0.1) is 5.92 Å². The number of thiazole rings is 1. The molecule has 2 aromatic rings. The molecule has 1 aromatic heterocycles. The molecule has 0 fully saturated rings. The molecule has 1 atom stereocenters. The van der Waals surface area contributed by atoms with Crippen LogP contribution in [0.15, 0.2) is 24.3 Å². The van der Waals surface area contributed by atoms with E-state index in [1.54, 1.807) is 18.2 Å². The molecule has 1 aliphatic rings. The Morgan fingerprint density at radius 1 is 1.27 bits per heavy atom. The molecule has 0 saturated carbocycles. The lowest BCUT2D eigenvalue weighted by molar-refractivity contribution is -0.118. The van der Waals surface area contributed by atoms with Gasteiger partial charge in [-0.25, -0.2) is 4.98 Å². The molecule has 2 heterocycles. The molecule has 1 unspecified atom stereocenters. The van der Waals surface area contributed by atoms with Gasteiger partial charge in [0, 0.05) is 24.4 Å². The predicted molar refractivity (Wildman–Crippen MR) is 119 cm³/mol. The number of fused-ring (bicyclic) bond motifs is 1. The van der Waals surface area contributed by atoms with E-state index in [-0.39, 0.29) is 17.7 Å². The molecule has 0 spiro atoms. The third-order valence-electron chi connectivity index (χ3n) is 5.15. The van der Waals surface area contributed by atoms with E-state index >= 15 is 0 Å². The fraction of sp³-hybridized carbons (Fsp3) is 0.500. The number of carbonyl (C=O) groups excluding carboxylic acids is 2. The van der Waals surface area contributed by atoms with Crippen LogP contribution in [0.25, 0.3) is 0 Å². The highest BCUT2D eigenvalue weighted by atomic mass is 32.1. The lowest BCUT2D eigenvalue weighted by Crippen LogP contribution is -2.47. The van der Waals surface area contributed by atoms with Crippen molar-refractivity contribution in [3.05, 3.63) is 40.4 Å². The van der Waals surface area contributed by atoms with Gasteiger partial charge in [0.05, 0.1) is 17.9 Å². The maximum absolute atomic E-state index is 13.0. The van der Waals surface area contributed by atoms with Crippen LogP contribution in [0.2, 0.25) is 0 Å². The highest BCUT2D eigenvalue weighted by molar-refractivity contribution is 7.15. The quantitative estimate of drug-likeness (QED) is 0.671. The Balaban J connectivity index is 1.70. The van der Waals surface area contributed by atoms with Crippen molar-refractivity contribution in [3.63, 3.8) is 0 Å². The number of nitrogens with zero attached hydrogens (tertiary/aromatic N) is 2. The fourth-order valence-corrected chi connectivity index (χ4v) is 4.50. The van der Waals surface area contributed by atoms with E-state index < -0.39 is 6.04 Å². The van der Waals surface area contributed by atoms with Gasteiger partial charge in [-0.1, -0.05) is 32.9 Å².